The summed E-state index contributed by atoms with van der Waals surface area (Å²) in [6.45, 7) is 7.49. The number of carbonyl (C=O) groups is 2. The topological polar surface area (TPSA) is 61.8 Å². The molecular formula is C28H30O5. The summed E-state index contributed by atoms with van der Waals surface area (Å²) in [6, 6.07) is 25.5. The van der Waals surface area contributed by atoms with Gasteiger partial charge in [0.15, 0.2) is 5.78 Å². The van der Waals surface area contributed by atoms with Crippen molar-refractivity contribution < 1.29 is 24.1 Å². The summed E-state index contributed by atoms with van der Waals surface area (Å²) >= 11 is 0. The third-order valence-corrected chi connectivity index (χ3v) is 4.94. The van der Waals surface area contributed by atoms with Crippen molar-refractivity contribution in [2.75, 3.05) is 6.61 Å². The highest BCUT2D eigenvalue weighted by Gasteiger charge is 2.28. The van der Waals surface area contributed by atoms with Crippen molar-refractivity contribution in [1.29, 1.82) is 0 Å². The Morgan fingerprint density at radius 2 is 1.12 bits per heavy atom. The third kappa shape index (κ3) is 7.38. The third-order valence-electron chi connectivity index (χ3n) is 4.94. The number of esters is 1. The monoisotopic (exact) mass is 446 g/mol. The fourth-order valence-corrected chi connectivity index (χ4v) is 3.20. The first-order valence-electron chi connectivity index (χ1n) is 10.9. The molecule has 0 aliphatic heterocycles. The lowest BCUT2D eigenvalue weighted by Gasteiger charge is -2.30. The van der Waals surface area contributed by atoms with Crippen LogP contribution in [0.1, 0.15) is 59.5 Å². The van der Waals surface area contributed by atoms with Gasteiger partial charge in [-0.1, -0.05) is 72.8 Å². The van der Waals surface area contributed by atoms with Gasteiger partial charge in [-0.05, 0) is 45.4 Å². The molecule has 0 N–H and O–H groups in total. The largest absolute Gasteiger partial charge is 0.459 e. The second-order valence-corrected chi connectivity index (χ2v) is 9.20. The molecule has 0 spiro atoms. The van der Waals surface area contributed by atoms with E-state index in [1.807, 2.05) is 62.4 Å². The van der Waals surface area contributed by atoms with Gasteiger partial charge in [-0.15, -0.1) is 0 Å². The summed E-state index contributed by atoms with van der Waals surface area (Å²) in [5.41, 5.74) is 1.22. The van der Waals surface area contributed by atoms with Crippen LogP contribution in [0.5, 0.6) is 0 Å². The maximum Gasteiger partial charge on any atom is 0.338 e. The molecule has 0 bridgehead atoms. The zero-order valence-electron chi connectivity index (χ0n) is 19.5. The first kappa shape index (κ1) is 24.4. The van der Waals surface area contributed by atoms with Crippen LogP contribution >= 0.6 is 0 Å². The number of carbonyl (C=O) groups excluding carboxylic acids is 2. The van der Waals surface area contributed by atoms with Gasteiger partial charge in [0.05, 0.1) is 5.56 Å². The lowest BCUT2D eigenvalue weighted by atomic mass is 9.99. The fourth-order valence-electron chi connectivity index (χ4n) is 3.20. The van der Waals surface area contributed by atoms with Gasteiger partial charge in [0.1, 0.15) is 17.8 Å². The molecule has 5 heteroatoms. The second kappa shape index (κ2) is 10.6. The van der Waals surface area contributed by atoms with E-state index in [1.54, 1.807) is 50.2 Å². The molecule has 3 rings (SSSR count). The van der Waals surface area contributed by atoms with Gasteiger partial charge in [-0.25, -0.2) is 14.6 Å². The molecule has 3 aromatic carbocycles. The maximum atomic E-state index is 12.5. The predicted octanol–water partition coefficient (Wildman–Crippen LogP) is 5.82. The van der Waals surface area contributed by atoms with E-state index in [0.717, 1.165) is 5.56 Å². The van der Waals surface area contributed by atoms with Crippen molar-refractivity contribution in [3.05, 3.63) is 107 Å². The van der Waals surface area contributed by atoms with Crippen molar-refractivity contribution >= 4 is 11.8 Å². The molecule has 0 saturated heterocycles. The second-order valence-electron chi connectivity index (χ2n) is 9.20. The smallest absolute Gasteiger partial charge is 0.338 e. The predicted molar refractivity (Wildman–Crippen MR) is 127 cm³/mol. The van der Waals surface area contributed by atoms with Crippen molar-refractivity contribution in [2.24, 2.45) is 0 Å². The van der Waals surface area contributed by atoms with E-state index in [9.17, 15) is 9.59 Å². The number of hydrogen-bond donors (Lipinski definition) is 0. The van der Waals surface area contributed by atoms with Crippen molar-refractivity contribution in [3.63, 3.8) is 0 Å². The zero-order chi connectivity index (χ0) is 23.9. The number of rotatable bonds is 10. The normalized spacial score (nSPS) is 11.8. The van der Waals surface area contributed by atoms with Gasteiger partial charge >= 0.3 is 5.97 Å². The average molecular weight is 447 g/mol. The van der Waals surface area contributed by atoms with Crippen molar-refractivity contribution in [1.82, 2.24) is 0 Å². The van der Waals surface area contributed by atoms with E-state index < -0.39 is 17.2 Å². The Morgan fingerprint density at radius 3 is 1.73 bits per heavy atom. The molecule has 0 saturated carbocycles. The lowest BCUT2D eigenvalue weighted by molar-refractivity contribution is -0.403. The number of ether oxygens (including phenoxy) is 1. The van der Waals surface area contributed by atoms with Crippen LogP contribution in [0.3, 0.4) is 0 Å². The van der Waals surface area contributed by atoms with Crippen molar-refractivity contribution in [3.8, 4) is 0 Å². The minimum absolute atomic E-state index is 0.0119. The van der Waals surface area contributed by atoms with Crippen LogP contribution in [0.4, 0.5) is 0 Å². The van der Waals surface area contributed by atoms with Crippen LogP contribution < -0.4 is 0 Å². The standard InChI is InChI=1S/C28H30O5/c1-27(2,19-21-11-7-5-8-12-21)32-33-28(3,4)20-31-26(30)24-17-15-23(16-18-24)25(29)22-13-9-6-10-14-22/h5-18H,19-20H2,1-4H3. The molecule has 5 nitrogen and oxygen atoms in total. The van der Waals surface area contributed by atoms with Gasteiger partial charge in [-0.2, -0.15) is 0 Å². The van der Waals surface area contributed by atoms with Gasteiger partial charge in [-0.3, -0.25) is 4.79 Å². The van der Waals surface area contributed by atoms with Crippen LogP contribution in [0, 0.1) is 0 Å². The van der Waals surface area contributed by atoms with Crippen LogP contribution in [-0.2, 0) is 20.9 Å². The summed E-state index contributed by atoms with van der Waals surface area (Å²) in [6.07, 6.45) is 0.678. The summed E-state index contributed by atoms with van der Waals surface area (Å²) in [4.78, 5) is 36.3. The summed E-state index contributed by atoms with van der Waals surface area (Å²) < 4.78 is 5.43. The highest BCUT2D eigenvalue weighted by Crippen LogP contribution is 2.22. The van der Waals surface area contributed by atoms with Gasteiger partial charge in [0.2, 0.25) is 0 Å². The summed E-state index contributed by atoms with van der Waals surface area (Å²) in [7, 11) is 0. The lowest BCUT2D eigenvalue weighted by Crippen LogP contribution is -2.37. The van der Waals surface area contributed by atoms with E-state index in [4.69, 9.17) is 14.5 Å². The molecule has 3 aromatic rings. The molecule has 0 radical (unpaired) electrons. The van der Waals surface area contributed by atoms with E-state index in [-0.39, 0.29) is 12.4 Å². The zero-order valence-corrected chi connectivity index (χ0v) is 19.5. The number of benzene rings is 3. The Kier molecular flexibility index (Phi) is 7.79. The minimum Gasteiger partial charge on any atom is -0.459 e. The molecule has 172 valence electrons. The van der Waals surface area contributed by atoms with Crippen LogP contribution in [-0.4, -0.2) is 29.6 Å². The molecule has 0 aromatic heterocycles. The van der Waals surface area contributed by atoms with Crippen LogP contribution in [0.2, 0.25) is 0 Å². The highest BCUT2D eigenvalue weighted by atomic mass is 17.2. The highest BCUT2D eigenvalue weighted by molar-refractivity contribution is 6.09. The fraction of sp³-hybridized carbons (Fsp3) is 0.286. The van der Waals surface area contributed by atoms with Gasteiger partial charge in [0, 0.05) is 17.5 Å². The first-order chi connectivity index (χ1) is 15.7. The van der Waals surface area contributed by atoms with E-state index in [2.05, 4.69) is 0 Å². The quantitative estimate of drug-likeness (QED) is 0.170. The van der Waals surface area contributed by atoms with E-state index >= 15 is 0 Å². The van der Waals surface area contributed by atoms with E-state index in [0.29, 0.717) is 23.1 Å². The Labute approximate surface area is 195 Å². The molecule has 0 unspecified atom stereocenters. The Morgan fingerprint density at radius 1 is 0.636 bits per heavy atom. The van der Waals surface area contributed by atoms with Crippen LogP contribution in [0.15, 0.2) is 84.9 Å². The Bertz CT molecular complexity index is 1050. The molecule has 33 heavy (non-hydrogen) atoms. The van der Waals surface area contributed by atoms with Gasteiger partial charge < -0.3 is 4.74 Å². The minimum atomic E-state index is -0.840. The molecule has 0 aliphatic rings. The molecule has 0 aliphatic carbocycles. The Balaban J connectivity index is 1.51. The summed E-state index contributed by atoms with van der Waals surface area (Å²) in [5.74, 6) is -0.589. The average Bonchev–Trinajstić information content (AvgIpc) is 2.82. The molecule has 0 amide bonds. The number of ketones is 1. The van der Waals surface area contributed by atoms with Gasteiger partial charge in [0.25, 0.3) is 0 Å². The summed E-state index contributed by atoms with van der Waals surface area (Å²) in [5, 5.41) is 0. The SMILES string of the molecule is CC(C)(COC(=O)c1ccc(C(=O)c2ccccc2)cc1)OOC(C)(C)Cc1ccccc1. The molecule has 0 heterocycles. The molecule has 0 atom stereocenters. The Hall–Kier alpha value is -3.28. The van der Waals surface area contributed by atoms with Crippen molar-refractivity contribution in [2.45, 2.75) is 45.3 Å². The number of hydrogen-bond acceptors (Lipinski definition) is 5. The van der Waals surface area contributed by atoms with E-state index in [1.165, 1.54) is 0 Å². The maximum absolute atomic E-state index is 12.5. The first-order valence-corrected chi connectivity index (χ1v) is 10.9. The molecule has 0 fully saturated rings. The molecular weight excluding hydrogens is 416 g/mol. The van der Waals surface area contributed by atoms with Crippen LogP contribution in [0.25, 0.3) is 0 Å².